The van der Waals surface area contributed by atoms with E-state index in [2.05, 4.69) is 0 Å². The third-order valence-corrected chi connectivity index (χ3v) is 3.38. The first-order chi connectivity index (χ1) is 8.84. The van der Waals surface area contributed by atoms with Crippen LogP contribution in [0.25, 0.3) is 0 Å². The number of rotatable bonds is 5. The Morgan fingerprint density at radius 3 is 2.16 bits per heavy atom. The molecule has 1 atom stereocenters. The first-order valence-corrected chi connectivity index (χ1v) is 6.29. The molecule has 1 rings (SSSR count). The Balaban J connectivity index is 3.41. The van der Waals surface area contributed by atoms with Gasteiger partial charge in [-0.25, -0.2) is 0 Å². The highest BCUT2D eigenvalue weighted by atomic mass is 16.5. The summed E-state index contributed by atoms with van der Waals surface area (Å²) in [5, 5.41) is 10.2. The van der Waals surface area contributed by atoms with E-state index in [4.69, 9.17) is 9.47 Å². The number of Topliss-reactive ketones (excluding diaryl/α,β-unsaturated/α-hetero) is 1. The number of carbonyl (C=O) groups is 1. The van der Waals surface area contributed by atoms with Crippen LogP contribution in [-0.4, -0.2) is 25.1 Å². The first-order valence-electron chi connectivity index (χ1n) is 6.29. The molecule has 4 heteroatoms. The summed E-state index contributed by atoms with van der Waals surface area (Å²) in [4.78, 5) is 12.0. The van der Waals surface area contributed by atoms with Crippen LogP contribution in [0, 0.1) is 19.8 Å². The van der Waals surface area contributed by atoms with Crippen LogP contribution in [0.4, 0.5) is 0 Å². The Bertz CT molecular complexity index is 478. The summed E-state index contributed by atoms with van der Waals surface area (Å²) in [6, 6.07) is 1.67. The van der Waals surface area contributed by atoms with Crippen LogP contribution in [0.1, 0.15) is 36.6 Å². The molecule has 0 spiro atoms. The number of aliphatic hydroxyl groups excluding tert-OH is 1. The third kappa shape index (κ3) is 2.89. The van der Waals surface area contributed by atoms with E-state index in [1.54, 1.807) is 27.0 Å². The topological polar surface area (TPSA) is 55.8 Å². The van der Waals surface area contributed by atoms with Crippen molar-refractivity contribution in [2.45, 2.75) is 33.8 Å². The van der Waals surface area contributed by atoms with Gasteiger partial charge in [-0.05, 0) is 31.0 Å². The van der Waals surface area contributed by atoms with Crippen LogP contribution in [0.3, 0.4) is 0 Å². The lowest BCUT2D eigenvalue weighted by Crippen LogP contribution is -2.19. The van der Waals surface area contributed by atoms with Crippen molar-refractivity contribution in [3.63, 3.8) is 0 Å². The van der Waals surface area contributed by atoms with Gasteiger partial charge in [0.25, 0.3) is 0 Å². The molecular formula is C15H22O4. The number of methoxy groups -OCH3 is 2. The minimum atomic E-state index is -1.19. The fourth-order valence-electron chi connectivity index (χ4n) is 2.04. The normalized spacial score (nSPS) is 12.4. The van der Waals surface area contributed by atoms with Gasteiger partial charge in [0.2, 0.25) is 0 Å². The minimum absolute atomic E-state index is 0.233. The largest absolute Gasteiger partial charge is 0.496 e. The van der Waals surface area contributed by atoms with Gasteiger partial charge in [0, 0.05) is 11.5 Å². The average molecular weight is 266 g/mol. The number of benzene rings is 1. The SMILES string of the molecule is COc1cc(C(O)C(=O)C(C)C)c(OC)c(C)c1C. The third-order valence-electron chi connectivity index (χ3n) is 3.38. The smallest absolute Gasteiger partial charge is 0.168 e. The molecule has 0 amide bonds. The lowest BCUT2D eigenvalue weighted by molar-refractivity contribution is -0.130. The fraction of sp³-hybridized carbons (Fsp3) is 0.533. The van der Waals surface area contributed by atoms with Crippen LogP contribution in [-0.2, 0) is 4.79 Å². The molecule has 0 aliphatic carbocycles. The zero-order chi connectivity index (χ0) is 14.7. The Morgan fingerprint density at radius 2 is 1.74 bits per heavy atom. The van der Waals surface area contributed by atoms with Crippen LogP contribution < -0.4 is 9.47 Å². The summed E-state index contributed by atoms with van der Waals surface area (Å²) in [6.45, 7) is 7.32. The second kappa shape index (κ2) is 6.06. The van der Waals surface area contributed by atoms with Crippen molar-refractivity contribution < 1.29 is 19.4 Å². The van der Waals surface area contributed by atoms with Crippen molar-refractivity contribution in [3.8, 4) is 11.5 Å². The van der Waals surface area contributed by atoms with Gasteiger partial charge in [-0.3, -0.25) is 4.79 Å². The van der Waals surface area contributed by atoms with Crippen LogP contribution in [0.5, 0.6) is 11.5 Å². The Kier molecular flexibility index (Phi) is 4.95. The van der Waals surface area contributed by atoms with Crippen LogP contribution in [0.15, 0.2) is 6.07 Å². The fourth-order valence-corrected chi connectivity index (χ4v) is 2.04. The van der Waals surface area contributed by atoms with Gasteiger partial charge in [-0.15, -0.1) is 0 Å². The van der Waals surface area contributed by atoms with Gasteiger partial charge in [0.15, 0.2) is 5.78 Å². The van der Waals surface area contributed by atoms with E-state index >= 15 is 0 Å². The summed E-state index contributed by atoms with van der Waals surface area (Å²) in [7, 11) is 3.10. The van der Waals surface area contributed by atoms with E-state index in [0.717, 1.165) is 11.1 Å². The highest BCUT2D eigenvalue weighted by Crippen LogP contribution is 2.37. The summed E-state index contributed by atoms with van der Waals surface area (Å²) in [5.41, 5.74) is 2.26. The maximum atomic E-state index is 12.0. The number of ketones is 1. The molecule has 1 unspecified atom stereocenters. The van der Waals surface area contributed by atoms with Crippen molar-refractivity contribution in [3.05, 3.63) is 22.8 Å². The lowest BCUT2D eigenvalue weighted by atomic mass is 9.93. The summed E-state index contributed by atoms with van der Waals surface area (Å²) in [5.74, 6) is 0.708. The van der Waals surface area contributed by atoms with Crippen molar-refractivity contribution in [1.82, 2.24) is 0 Å². The van der Waals surface area contributed by atoms with E-state index in [0.29, 0.717) is 17.1 Å². The second-order valence-electron chi connectivity index (χ2n) is 4.91. The molecule has 0 bridgehead atoms. The number of aliphatic hydroxyl groups is 1. The molecular weight excluding hydrogens is 244 g/mol. The van der Waals surface area contributed by atoms with Gasteiger partial charge >= 0.3 is 0 Å². The van der Waals surface area contributed by atoms with Crippen molar-refractivity contribution in [2.24, 2.45) is 5.92 Å². The molecule has 0 heterocycles. The second-order valence-corrected chi connectivity index (χ2v) is 4.91. The van der Waals surface area contributed by atoms with Gasteiger partial charge in [-0.2, -0.15) is 0 Å². The molecule has 4 nitrogen and oxygen atoms in total. The predicted molar refractivity (Wildman–Crippen MR) is 73.8 cm³/mol. The molecule has 0 aromatic heterocycles. The molecule has 106 valence electrons. The highest BCUT2D eigenvalue weighted by Gasteiger charge is 2.26. The van der Waals surface area contributed by atoms with Crippen LogP contribution >= 0.6 is 0 Å². The molecule has 0 saturated heterocycles. The average Bonchev–Trinajstić information content (AvgIpc) is 2.39. The molecule has 0 saturated carbocycles. The van der Waals surface area contributed by atoms with E-state index < -0.39 is 6.10 Å². The summed E-state index contributed by atoms with van der Waals surface area (Å²) < 4.78 is 10.6. The molecule has 0 fully saturated rings. The maximum absolute atomic E-state index is 12.0. The van der Waals surface area contributed by atoms with E-state index in [1.165, 1.54) is 7.11 Å². The molecule has 19 heavy (non-hydrogen) atoms. The molecule has 1 aromatic rings. The molecule has 1 N–H and O–H groups in total. The summed E-state index contributed by atoms with van der Waals surface area (Å²) in [6.07, 6.45) is -1.19. The van der Waals surface area contributed by atoms with E-state index in [9.17, 15) is 9.90 Å². The van der Waals surface area contributed by atoms with Gasteiger partial charge in [0.1, 0.15) is 17.6 Å². The van der Waals surface area contributed by atoms with Crippen LogP contribution in [0.2, 0.25) is 0 Å². The Morgan fingerprint density at radius 1 is 1.16 bits per heavy atom. The number of ether oxygens (including phenoxy) is 2. The Labute approximate surface area is 114 Å². The van der Waals surface area contributed by atoms with E-state index in [1.807, 2.05) is 13.8 Å². The quantitative estimate of drug-likeness (QED) is 0.890. The molecule has 0 radical (unpaired) electrons. The van der Waals surface area contributed by atoms with Crippen molar-refractivity contribution >= 4 is 5.78 Å². The predicted octanol–water partition coefficient (Wildman–Crippen LogP) is 2.58. The molecule has 1 aromatic carbocycles. The van der Waals surface area contributed by atoms with Gasteiger partial charge in [-0.1, -0.05) is 13.8 Å². The van der Waals surface area contributed by atoms with Gasteiger partial charge < -0.3 is 14.6 Å². The standard InChI is InChI=1S/C15H22O4/c1-8(2)13(16)14(17)11-7-12(18-5)9(3)10(4)15(11)19-6/h7-8,14,17H,1-6H3. The monoisotopic (exact) mass is 266 g/mol. The van der Waals surface area contributed by atoms with Gasteiger partial charge in [0.05, 0.1) is 14.2 Å². The van der Waals surface area contributed by atoms with Crippen molar-refractivity contribution in [2.75, 3.05) is 14.2 Å². The number of hydrogen-bond acceptors (Lipinski definition) is 4. The zero-order valence-electron chi connectivity index (χ0n) is 12.4. The highest BCUT2D eigenvalue weighted by molar-refractivity contribution is 5.86. The number of hydrogen-bond donors (Lipinski definition) is 1. The zero-order valence-corrected chi connectivity index (χ0v) is 12.4. The van der Waals surface area contributed by atoms with E-state index in [-0.39, 0.29) is 11.7 Å². The minimum Gasteiger partial charge on any atom is -0.496 e. The lowest BCUT2D eigenvalue weighted by Gasteiger charge is -2.20. The maximum Gasteiger partial charge on any atom is 0.168 e. The first kappa shape index (κ1) is 15.5. The number of carbonyl (C=O) groups excluding carboxylic acids is 1. The van der Waals surface area contributed by atoms with Crippen molar-refractivity contribution in [1.29, 1.82) is 0 Å². The molecule has 0 aliphatic rings. The Hall–Kier alpha value is -1.55. The summed E-state index contributed by atoms with van der Waals surface area (Å²) >= 11 is 0. The molecule has 0 aliphatic heterocycles.